The highest BCUT2D eigenvalue weighted by Gasteiger charge is 2.27. The van der Waals surface area contributed by atoms with E-state index in [1.165, 1.54) is 0 Å². The van der Waals surface area contributed by atoms with Crippen LogP contribution in [0.25, 0.3) is 0 Å². The molecule has 150 valence electrons. The monoisotopic (exact) mass is 384 g/mol. The molecule has 1 aliphatic heterocycles. The third kappa shape index (κ3) is 6.15. The number of rotatable bonds is 5. The van der Waals surface area contributed by atoms with Crippen LogP contribution in [0.4, 0.5) is 4.79 Å². The lowest BCUT2D eigenvalue weighted by Crippen LogP contribution is -2.44. The second-order valence-electron chi connectivity index (χ2n) is 7.89. The summed E-state index contributed by atoms with van der Waals surface area (Å²) >= 11 is 0. The molecular weight excluding hydrogens is 356 g/mol. The molecule has 0 bridgehead atoms. The molecule has 1 aromatic heterocycles. The van der Waals surface area contributed by atoms with E-state index in [0.717, 1.165) is 18.4 Å². The van der Waals surface area contributed by atoms with Crippen LogP contribution in [0.1, 0.15) is 39.2 Å². The minimum atomic E-state index is -0.474. The van der Waals surface area contributed by atoms with E-state index in [1.807, 2.05) is 63.2 Å². The van der Waals surface area contributed by atoms with Crippen molar-refractivity contribution in [3.05, 3.63) is 54.2 Å². The standard InChI is InChI=1S/C22H28N2O4/c1-22(2,3)28-21(25)24-13-11-18(12-14-24)27-20-10-9-19(15-23-20)26-16-17-7-5-4-6-8-17/h4-10,15,18H,11-14,16H2,1-3H3. The average Bonchev–Trinajstić information content (AvgIpc) is 2.67. The summed E-state index contributed by atoms with van der Waals surface area (Å²) in [6.45, 7) is 7.38. The molecule has 1 saturated heterocycles. The van der Waals surface area contributed by atoms with Crippen LogP contribution >= 0.6 is 0 Å². The molecule has 2 aromatic rings. The van der Waals surface area contributed by atoms with Crippen LogP contribution in [0, 0.1) is 0 Å². The van der Waals surface area contributed by atoms with Gasteiger partial charge in [0.25, 0.3) is 0 Å². The zero-order valence-corrected chi connectivity index (χ0v) is 16.8. The summed E-state index contributed by atoms with van der Waals surface area (Å²) < 4.78 is 17.1. The first kappa shape index (κ1) is 20.0. The number of piperidine rings is 1. The van der Waals surface area contributed by atoms with Crippen molar-refractivity contribution in [1.29, 1.82) is 0 Å². The number of pyridine rings is 1. The summed E-state index contributed by atoms with van der Waals surface area (Å²) in [6.07, 6.45) is 2.97. The number of benzene rings is 1. The number of nitrogens with zero attached hydrogens (tertiary/aromatic N) is 2. The van der Waals surface area contributed by atoms with E-state index in [4.69, 9.17) is 14.2 Å². The first-order valence-electron chi connectivity index (χ1n) is 9.66. The van der Waals surface area contributed by atoms with Gasteiger partial charge in [-0.25, -0.2) is 9.78 Å². The van der Waals surface area contributed by atoms with Crippen LogP contribution in [-0.2, 0) is 11.3 Å². The van der Waals surface area contributed by atoms with Crippen LogP contribution in [0.15, 0.2) is 48.7 Å². The van der Waals surface area contributed by atoms with Gasteiger partial charge < -0.3 is 19.1 Å². The Balaban J connectivity index is 1.43. The van der Waals surface area contributed by atoms with Crippen molar-refractivity contribution in [1.82, 2.24) is 9.88 Å². The van der Waals surface area contributed by atoms with Gasteiger partial charge in [0.1, 0.15) is 24.1 Å². The van der Waals surface area contributed by atoms with Crippen molar-refractivity contribution in [2.24, 2.45) is 0 Å². The van der Waals surface area contributed by atoms with E-state index in [0.29, 0.717) is 31.3 Å². The van der Waals surface area contributed by atoms with Crippen LogP contribution in [-0.4, -0.2) is 40.8 Å². The van der Waals surface area contributed by atoms with Gasteiger partial charge >= 0.3 is 6.09 Å². The van der Waals surface area contributed by atoms with E-state index < -0.39 is 5.60 Å². The number of likely N-dealkylation sites (tertiary alicyclic amines) is 1. The van der Waals surface area contributed by atoms with Crippen LogP contribution in [0.3, 0.4) is 0 Å². The van der Waals surface area contributed by atoms with Gasteiger partial charge in [0.2, 0.25) is 5.88 Å². The molecule has 0 saturated carbocycles. The Morgan fingerprint density at radius 2 is 1.82 bits per heavy atom. The van der Waals surface area contributed by atoms with Gasteiger partial charge in [-0.05, 0) is 32.4 Å². The minimum Gasteiger partial charge on any atom is -0.487 e. The van der Waals surface area contributed by atoms with Crippen LogP contribution < -0.4 is 9.47 Å². The molecule has 1 fully saturated rings. The first-order chi connectivity index (χ1) is 13.4. The highest BCUT2D eigenvalue weighted by molar-refractivity contribution is 5.68. The van der Waals surface area contributed by atoms with Gasteiger partial charge in [0.15, 0.2) is 0 Å². The number of amides is 1. The summed E-state index contributed by atoms with van der Waals surface area (Å²) in [5.41, 5.74) is 0.637. The Bertz CT molecular complexity index is 748. The Morgan fingerprint density at radius 1 is 1.11 bits per heavy atom. The Hall–Kier alpha value is -2.76. The molecule has 0 radical (unpaired) electrons. The predicted octanol–water partition coefficient (Wildman–Crippen LogP) is 4.44. The van der Waals surface area contributed by atoms with Crippen LogP contribution in [0.5, 0.6) is 11.6 Å². The molecule has 0 unspecified atom stereocenters. The van der Waals surface area contributed by atoms with E-state index in [1.54, 1.807) is 11.1 Å². The maximum absolute atomic E-state index is 12.1. The fraction of sp³-hybridized carbons (Fsp3) is 0.455. The van der Waals surface area contributed by atoms with Crippen molar-refractivity contribution in [3.63, 3.8) is 0 Å². The maximum Gasteiger partial charge on any atom is 0.410 e. The second kappa shape index (κ2) is 8.95. The molecule has 1 amide bonds. The number of aromatic nitrogens is 1. The molecule has 1 aromatic carbocycles. The number of hydrogen-bond donors (Lipinski definition) is 0. The van der Waals surface area contributed by atoms with E-state index >= 15 is 0 Å². The van der Waals surface area contributed by atoms with Crippen molar-refractivity contribution >= 4 is 6.09 Å². The fourth-order valence-corrected chi connectivity index (χ4v) is 2.92. The largest absolute Gasteiger partial charge is 0.487 e. The SMILES string of the molecule is CC(C)(C)OC(=O)N1CCC(Oc2ccc(OCc3ccccc3)cn2)CC1. The van der Waals surface area contributed by atoms with Crippen molar-refractivity contribution < 1.29 is 19.0 Å². The van der Waals surface area contributed by atoms with Gasteiger partial charge in [-0.3, -0.25) is 0 Å². The zero-order chi connectivity index (χ0) is 20.0. The zero-order valence-electron chi connectivity index (χ0n) is 16.8. The van der Waals surface area contributed by atoms with Gasteiger partial charge in [-0.2, -0.15) is 0 Å². The molecule has 6 heteroatoms. The Labute approximate surface area is 166 Å². The molecule has 6 nitrogen and oxygen atoms in total. The minimum absolute atomic E-state index is 0.0438. The lowest BCUT2D eigenvalue weighted by atomic mass is 10.1. The summed E-state index contributed by atoms with van der Waals surface area (Å²) in [4.78, 5) is 18.2. The van der Waals surface area contributed by atoms with Gasteiger partial charge in [-0.15, -0.1) is 0 Å². The van der Waals surface area contributed by atoms with Gasteiger partial charge in [0.05, 0.1) is 6.20 Å². The van der Waals surface area contributed by atoms with Gasteiger partial charge in [0, 0.05) is 32.0 Å². The quantitative estimate of drug-likeness (QED) is 0.763. The summed E-state index contributed by atoms with van der Waals surface area (Å²) in [7, 11) is 0. The molecule has 3 rings (SSSR count). The average molecular weight is 384 g/mol. The molecule has 28 heavy (non-hydrogen) atoms. The molecule has 2 heterocycles. The van der Waals surface area contributed by atoms with Crippen molar-refractivity contribution in [3.8, 4) is 11.6 Å². The number of carbonyl (C=O) groups excluding carboxylic acids is 1. The molecule has 1 aliphatic rings. The smallest absolute Gasteiger partial charge is 0.410 e. The number of hydrogen-bond acceptors (Lipinski definition) is 5. The number of carbonyl (C=O) groups is 1. The molecular formula is C22H28N2O4. The third-order valence-electron chi connectivity index (χ3n) is 4.34. The van der Waals surface area contributed by atoms with E-state index in [-0.39, 0.29) is 12.2 Å². The molecule has 0 N–H and O–H groups in total. The topological polar surface area (TPSA) is 60.9 Å². The normalized spacial score (nSPS) is 15.2. The predicted molar refractivity (Wildman–Crippen MR) is 106 cm³/mol. The lowest BCUT2D eigenvalue weighted by Gasteiger charge is -2.33. The molecule has 0 aliphatic carbocycles. The molecule has 0 spiro atoms. The second-order valence-corrected chi connectivity index (χ2v) is 7.89. The highest BCUT2D eigenvalue weighted by atomic mass is 16.6. The highest BCUT2D eigenvalue weighted by Crippen LogP contribution is 2.21. The summed E-state index contributed by atoms with van der Waals surface area (Å²) in [6, 6.07) is 13.7. The number of ether oxygens (including phenoxy) is 3. The maximum atomic E-state index is 12.1. The first-order valence-corrected chi connectivity index (χ1v) is 9.66. The van der Waals surface area contributed by atoms with Crippen molar-refractivity contribution in [2.45, 2.75) is 51.9 Å². The van der Waals surface area contributed by atoms with Crippen LogP contribution in [0.2, 0.25) is 0 Å². The van der Waals surface area contributed by atoms with E-state index in [2.05, 4.69) is 4.98 Å². The van der Waals surface area contributed by atoms with E-state index in [9.17, 15) is 4.79 Å². The van der Waals surface area contributed by atoms with Gasteiger partial charge in [-0.1, -0.05) is 30.3 Å². The summed E-state index contributed by atoms with van der Waals surface area (Å²) in [5.74, 6) is 1.28. The Morgan fingerprint density at radius 3 is 2.43 bits per heavy atom. The third-order valence-corrected chi connectivity index (χ3v) is 4.34. The lowest BCUT2D eigenvalue weighted by molar-refractivity contribution is 0.0123. The summed E-state index contributed by atoms with van der Waals surface area (Å²) in [5, 5.41) is 0. The molecule has 0 atom stereocenters. The fourth-order valence-electron chi connectivity index (χ4n) is 2.92. The Kier molecular flexibility index (Phi) is 6.39. The van der Waals surface area contributed by atoms with Crippen molar-refractivity contribution in [2.75, 3.05) is 13.1 Å².